The maximum atomic E-state index is 11.1. The molecule has 0 aromatic heterocycles. The van der Waals surface area contributed by atoms with Gasteiger partial charge < -0.3 is 15.3 Å². The van der Waals surface area contributed by atoms with Gasteiger partial charge in [0.05, 0.1) is 6.54 Å². The van der Waals surface area contributed by atoms with Crippen LogP contribution in [0.25, 0.3) is 0 Å². The molecule has 0 aromatic carbocycles. The molecule has 0 heterocycles. The standard InChI is InChI=1S/C22H39NO6/c1-2-3-4-5-6-7-8-9-10-11-12-13-14-15-16-23(17-20(24)25,18-21(26)27)19-22(28)29/h11-12H,2-10,13-19H2,1H3,(H2-,24,25,26,27,28,29)/p+1/b12-11+. The first-order valence-corrected chi connectivity index (χ1v) is 11.0. The van der Waals surface area contributed by atoms with E-state index in [1.807, 2.05) is 0 Å². The molecule has 0 radical (unpaired) electrons. The lowest BCUT2D eigenvalue weighted by molar-refractivity contribution is -0.907. The van der Waals surface area contributed by atoms with Crippen LogP contribution < -0.4 is 0 Å². The molecular formula is C22H40NO6+. The summed E-state index contributed by atoms with van der Waals surface area (Å²) in [7, 11) is 0. The molecule has 0 aliphatic carbocycles. The summed E-state index contributed by atoms with van der Waals surface area (Å²) in [5.74, 6) is -3.55. The van der Waals surface area contributed by atoms with Crippen molar-refractivity contribution in [2.45, 2.75) is 84.0 Å². The molecule has 168 valence electrons. The largest absolute Gasteiger partial charge is 0.477 e. The second-order valence-corrected chi connectivity index (χ2v) is 7.95. The van der Waals surface area contributed by atoms with Gasteiger partial charge in [-0.05, 0) is 32.1 Å². The van der Waals surface area contributed by atoms with E-state index in [0.717, 1.165) is 19.3 Å². The average Bonchev–Trinajstić information content (AvgIpc) is 2.60. The fraction of sp³-hybridized carbons (Fsp3) is 0.773. The zero-order chi connectivity index (χ0) is 22.0. The van der Waals surface area contributed by atoms with Crippen LogP contribution in [-0.4, -0.2) is 63.9 Å². The molecule has 0 aliphatic rings. The van der Waals surface area contributed by atoms with Crippen molar-refractivity contribution in [3.63, 3.8) is 0 Å². The maximum absolute atomic E-state index is 11.1. The molecule has 3 N–H and O–H groups in total. The van der Waals surface area contributed by atoms with E-state index in [2.05, 4.69) is 19.1 Å². The Balaban J connectivity index is 4.07. The minimum Gasteiger partial charge on any atom is -0.477 e. The van der Waals surface area contributed by atoms with Gasteiger partial charge in [0.1, 0.15) is 0 Å². The first kappa shape index (κ1) is 27.1. The molecule has 0 fully saturated rings. The maximum Gasteiger partial charge on any atom is 0.359 e. The molecule has 7 heteroatoms. The Morgan fingerprint density at radius 3 is 1.41 bits per heavy atom. The molecule has 0 rings (SSSR count). The van der Waals surface area contributed by atoms with Crippen molar-refractivity contribution >= 4 is 17.9 Å². The smallest absolute Gasteiger partial charge is 0.359 e. The number of hydrogen-bond donors (Lipinski definition) is 3. The number of aliphatic carboxylic acids is 3. The highest BCUT2D eigenvalue weighted by Gasteiger charge is 2.35. The minimum atomic E-state index is -1.18. The normalized spacial score (nSPS) is 11.8. The van der Waals surface area contributed by atoms with Crippen LogP contribution in [0.3, 0.4) is 0 Å². The number of carboxylic acids is 3. The SMILES string of the molecule is CCCCCCCCCC/C=C/CCCC[N+](CC(=O)O)(CC(=O)O)CC(=O)O. The average molecular weight is 415 g/mol. The molecular weight excluding hydrogens is 374 g/mol. The Morgan fingerprint density at radius 2 is 1.00 bits per heavy atom. The summed E-state index contributed by atoms with van der Waals surface area (Å²) < 4.78 is -0.456. The molecule has 0 spiro atoms. The summed E-state index contributed by atoms with van der Waals surface area (Å²) in [5, 5.41) is 27.2. The third-order valence-corrected chi connectivity index (χ3v) is 5.06. The van der Waals surface area contributed by atoms with Gasteiger partial charge in [0, 0.05) is 0 Å². The highest BCUT2D eigenvalue weighted by molar-refractivity contribution is 5.73. The second-order valence-electron chi connectivity index (χ2n) is 7.95. The Kier molecular flexibility index (Phi) is 15.9. The van der Waals surface area contributed by atoms with Crippen molar-refractivity contribution in [2.24, 2.45) is 0 Å². The summed E-state index contributed by atoms with van der Waals surface area (Å²) in [6.45, 7) is 0.980. The number of unbranched alkanes of at least 4 members (excludes halogenated alkanes) is 10. The zero-order valence-electron chi connectivity index (χ0n) is 18.0. The molecule has 0 bridgehead atoms. The van der Waals surface area contributed by atoms with Crippen LogP contribution in [0.1, 0.15) is 84.0 Å². The zero-order valence-corrected chi connectivity index (χ0v) is 18.0. The van der Waals surface area contributed by atoms with Crippen LogP contribution in [0.4, 0.5) is 0 Å². The number of allylic oxidation sites excluding steroid dienone is 2. The predicted octanol–water partition coefficient (Wildman–Crippen LogP) is 4.31. The van der Waals surface area contributed by atoms with Crippen molar-refractivity contribution < 1.29 is 34.2 Å². The molecule has 0 amide bonds. The van der Waals surface area contributed by atoms with Gasteiger partial charge in [-0.15, -0.1) is 0 Å². The predicted molar refractivity (Wildman–Crippen MR) is 113 cm³/mol. The van der Waals surface area contributed by atoms with Crippen LogP contribution >= 0.6 is 0 Å². The monoisotopic (exact) mass is 414 g/mol. The van der Waals surface area contributed by atoms with E-state index in [1.54, 1.807) is 0 Å². The Morgan fingerprint density at radius 1 is 0.621 bits per heavy atom. The highest BCUT2D eigenvalue weighted by Crippen LogP contribution is 2.12. The lowest BCUT2D eigenvalue weighted by atomic mass is 10.1. The van der Waals surface area contributed by atoms with Crippen LogP contribution in [0.2, 0.25) is 0 Å². The van der Waals surface area contributed by atoms with Gasteiger partial charge in [0.2, 0.25) is 0 Å². The van der Waals surface area contributed by atoms with E-state index >= 15 is 0 Å². The van der Waals surface area contributed by atoms with Crippen LogP contribution in [0, 0.1) is 0 Å². The summed E-state index contributed by atoms with van der Waals surface area (Å²) in [6, 6.07) is 0. The fourth-order valence-electron chi connectivity index (χ4n) is 3.61. The highest BCUT2D eigenvalue weighted by atomic mass is 16.4. The van der Waals surface area contributed by atoms with E-state index in [0.29, 0.717) is 6.42 Å². The van der Waals surface area contributed by atoms with E-state index in [-0.39, 0.29) is 6.54 Å². The van der Waals surface area contributed by atoms with Gasteiger partial charge in [-0.2, -0.15) is 0 Å². The third-order valence-electron chi connectivity index (χ3n) is 5.06. The van der Waals surface area contributed by atoms with Crippen molar-refractivity contribution in [3.8, 4) is 0 Å². The molecule has 7 nitrogen and oxygen atoms in total. The number of carbonyl (C=O) groups is 3. The van der Waals surface area contributed by atoms with Crippen LogP contribution in [-0.2, 0) is 14.4 Å². The topological polar surface area (TPSA) is 112 Å². The number of nitrogens with zero attached hydrogens (tertiary/aromatic N) is 1. The van der Waals surface area contributed by atoms with Crippen LogP contribution in [0.5, 0.6) is 0 Å². The Bertz CT molecular complexity index is 463. The lowest BCUT2D eigenvalue weighted by Crippen LogP contribution is -2.57. The Labute approximate surface area is 175 Å². The van der Waals surface area contributed by atoms with Crippen LogP contribution in [0.15, 0.2) is 12.2 Å². The van der Waals surface area contributed by atoms with Crippen molar-refractivity contribution in [1.29, 1.82) is 0 Å². The number of hydrogen-bond acceptors (Lipinski definition) is 3. The van der Waals surface area contributed by atoms with Crippen molar-refractivity contribution in [2.75, 3.05) is 26.2 Å². The molecule has 0 aliphatic heterocycles. The number of rotatable bonds is 20. The van der Waals surface area contributed by atoms with E-state index in [1.165, 1.54) is 51.4 Å². The minimum absolute atomic E-state index is 0.233. The molecule has 0 unspecified atom stereocenters. The lowest BCUT2D eigenvalue weighted by Gasteiger charge is -2.34. The summed E-state index contributed by atoms with van der Waals surface area (Å²) in [4.78, 5) is 33.3. The first-order chi connectivity index (χ1) is 13.8. The third kappa shape index (κ3) is 16.7. The summed E-state index contributed by atoms with van der Waals surface area (Å²) >= 11 is 0. The van der Waals surface area contributed by atoms with Gasteiger partial charge in [-0.3, -0.25) is 4.48 Å². The van der Waals surface area contributed by atoms with Gasteiger partial charge in [0.15, 0.2) is 19.6 Å². The van der Waals surface area contributed by atoms with Gasteiger partial charge in [-0.1, -0.05) is 64.0 Å². The quantitative estimate of drug-likeness (QED) is 0.155. The van der Waals surface area contributed by atoms with Gasteiger partial charge >= 0.3 is 17.9 Å². The van der Waals surface area contributed by atoms with Crippen molar-refractivity contribution in [1.82, 2.24) is 0 Å². The van der Waals surface area contributed by atoms with E-state index < -0.39 is 42.0 Å². The molecule has 0 saturated heterocycles. The number of carboxylic acid groups (broad SMARTS) is 3. The molecule has 0 aromatic rings. The Hall–Kier alpha value is -1.89. The fourth-order valence-corrected chi connectivity index (χ4v) is 3.61. The van der Waals surface area contributed by atoms with Gasteiger partial charge in [0.25, 0.3) is 0 Å². The first-order valence-electron chi connectivity index (χ1n) is 11.0. The summed E-state index contributed by atoms with van der Waals surface area (Å²) in [5.41, 5.74) is 0. The van der Waals surface area contributed by atoms with E-state index in [9.17, 15) is 14.4 Å². The molecule has 0 atom stereocenters. The summed E-state index contributed by atoms with van der Waals surface area (Å²) in [6.07, 6.45) is 18.0. The number of quaternary nitrogens is 1. The molecule has 0 saturated carbocycles. The van der Waals surface area contributed by atoms with E-state index in [4.69, 9.17) is 15.3 Å². The van der Waals surface area contributed by atoms with Gasteiger partial charge in [-0.25, -0.2) is 14.4 Å². The second kappa shape index (κ2) is 17.0. The molecule has 29 heavy (non-hydrogen) atoms. The van der Waals surface area contributed by atoms with Crippen molar-refractivity contribution in [3.05, 3.63) is 12.2 Å².